The van der Waals surface area contributed by atoms with Gasteiger partial charge in [-0.2, -0.15) is 0 Å². The molecule has 0 aliphatic carbocycles. The molecule has 0 radical (unpaired) electrons. The molecule has 0 aromatic heterocycles. The van der Waals surface area contributed by atoms with E-state index in [0.717, 1.165) is 33.5 Å². The molecule has 1 aliphatic rings. The van der Waals surface area contributed by atoms with E-state index in [4.69, 9.17) is 9.47 Å². The molecule has 1 aliphatic heterocycles. The lowest BCUT2D eigenvalue weighted by molar-refractivity contribution is -0.116. The molecule has 0 fully saturated rings. The van der Waals surface area contributed by atoms with Gasteiger partial charge in [0.15, 0.2) is 11.5 Å². The van der Waals surface area contributed by atoms with E-state index in [1.54, 1.807) is 0 Å². The number of benzene rings is 3. The third-order valence-electron chi connectivity index (χ3n) is 4.31. The molecule has 1 heterocycles. The number of hydrogen-bond acceptors (Lipinski definition) is 3. The number of amides is 1. The van der Waals surface area contributed by atoms with E-state index in [-0.39, 0.29) is 5.91 Å². The van der Waals surface area contributed by atoms with Gasteiger partial charge in [-0.25, -0.2) is 0 Å². The van der Waals surface area contributed by atoms with E-state index < -0.39 is 0 Å². The van der Waals surface area contributed by atoms with Gasteiger partial charge in [-0.1, -0.05) is 42.5 Å². The van der Waals surface area contributed by atoms with Crippen LogP contribution in [-0.2, 0) is 11.2 Å². The molecule has 4 rings (SSSR count). The van der Waals surface area contributed by atoms with Crippen LogP contribution in [0.15, 0.2) is 60.7 Å². The molecule has 25 heavy (non-hydrogen) atoms. The average Bonchev–Trinajstić information content (AvgIpc) is 2.66. The third-order valence-corrected chi connectivity index (χ3v) is 4.31. The second-order valence-electron chi connectivity index (χ2n) is 6.05. The first kappa shape index (κ1) is 15.5. The standard InChI is InChI=1S/C21H19NO3/c23-21(22-18-7-3-5-16-4-1-2-6-17(16)18)11-9-15-8-10-19-20(14-15)25-13-12-24-19/h1-8,10,14H,9,11-13H2,(H,22,23). The van der Waals surface area contributed by atoms with Gasteiger partial charge in [-0.3, -0.25) is 4.79 Å². The Morgan fingerprint density at radius 3 is 2.64 bits per heavy atom. The second kappa shape index (κ2) is 6.85. The minimum absolute atomic E-state index is 0.00578. The zero-order chi connectivity index (χ0) is 17.1. The smallest absolute Gasteiger partial charge is 0.224 e. The van der Waals surface area contributed by atoms with Crippen LogP contribution in [0.25, 0.3) is 10.8 Å². The highest BCUT2D eigenvalue weighted by atomic mass is 16.6. The van der Waals surface area contributed by atoms with Gasteiger partial charge >= 0.3 is 0 Å². The number of carbonyl (C=O) groups excluding carboxylic acids is 1. The average molecular weight is 333 g/mol. The van der Waals surface area contributed by atoms with E-state index in [1.807, 2.05) is 60.7 Å². The van der Waals surface area contributed by atoms with Crippen molar-refractivity contribution in [1.82, 2.24) is 0 Å². The first-order valence-electron chi connectivity index (χ1n) is 8.46. The first-order chi connectivity index (χ1) is 12.3. The number of anilines is 1. The van der Waals surface area contributed by atoms with Gasteiger partial charge in [0.2, 0.25) is 5.91 Å². The lowest BCUT2D eigenvalue weighted by Gasteiger charge is -2.18. The van der Waals surface area contributed by atoms with Gasteiger partial charge in [0, 0.05) is 17.5 Å². The monoisotopic (exact) mass is 333 g/mol. The van der Waals surface area contributed by atoms with Crippen LogP contribution in [0, 0.1) is 0 Å². The maximum absolute atomic E-state index is 12.4. The van der Waals surface area contributed by atoms with E-state index in [1.165, 1.54) is 0 Å². The Kier molecular flexibility index (Phi) is 4.25. The van der Waals surface area contributed by atoms with Gasteiger partial charge in [-0.15, -0.1) is 0 Å². The summed E-state index contributed by atoms with van der Waals surface area (Å²) in [5.74, 6) is 1.54. The number of carbonyl (C=O) groups is 1. The summed E-state index contributed by atoms with van der Waals surface area (Å²) in [6.07, 6.45) is 1.08. The van der Waals surface area contributed by atoms with Crippen LogP contribution < -0.4 is 14.8 Å². The van der Waals surface area contributed by atoms with Crippen LogP contribution in [0.1, 0.15) is 12.0 Å². The number of rotatable bonds is 4. The molecule has 0 saturated carbocycles. The Morgan fingerprint density at radius 1 is 0.920 bits per heavy atom. The van der Waals surface area contributed by atoms with Crippen molar-refractivity contribution in [2.75, 3.05) is 18.5 Å². The predicted molar refractivity (Wildman–Crippen MR) is 98.3 cm³/mol. The van der Waals surface area contributed by atoms with Crippen LogP contribution in [0.5, 0.6) is 11.5 Å². The van der Waals surface area contributed by atoms with E-state index >= 15 is 0 Å². The number of hydrogen-bond donors (Lipinski definition) is 1. The summed E-state index contributed by atoms with van der Waals surface area (Å²) in [5.41, 5.74) is 1.92. The maximum Gasteiger partial charge on any atom is 0.224 e. The van der Waals surface area contributed by atoms with E-state index in [2.05, 4.69) is 5.32 Å². The minimum atomic E-state index is 0.00578. The van der Waals surface area contributed by atoms with Gasteiger partial charge in [-0.05, 0) is 35.6 Å². The highest BCUT2D eigenvalue weighted by Crippen LogP contribution is 2.31. The van der Waals surface area contributed by atoms with E-state index in [0.29, 0.717) is 26.1 Å². The van der Waals surface area contributed by atoms with Gasteiger partial charge in [0.05, 0.1) is 0 Å². The van der Waals surface area contributed by atoms with Gasteiger partial charge < -0.3 is 14.8 Å². The highest BCUT2D eigenvalue weighted by molar-refractivity contribution is 6.02. The van der Waals surface area contributed by atoms with Crippen molar-refractivity contribution >= 4 is 22.4 Å². The highest BCUT2D eigenvalue weighted by Gasteiger charge is 2.12. The topological polar surface area (TPSA) is 47.6 Å². The largest absolute Gasteiger partial charge is 0.486 e. The fourth-order valence-electron chi connectivity index (χ4n) is 3.05. The Labute approximate surface area is 146 Å². The fourth-order valence-corrected chi connectivity index (χ4v) is 3.05. The molecular weight excluding hydrogens is 314 g/mol. The summed E-state index contributed by atoms with van der Waals surface area (Å²) in [7, 11) is 0. The number of ether oxygens (including phenoxy) is 2. The lowest BCUT2D eigenvalue weighted by atomic mass is 10.1. The fraction of sp³-hybridized carbons (Fsp3) is 0.190. The van der Waals surface area contributed by atoms with Crippen molar-refractivity contribution in [3.63, 3.8) is 0 Å². The molecule has 4 heteroatoms. The quantitative estimate of drug-likeness (QED) is 0.779. The number of nitrogens with one attached hydrogen (secondary N) is 1. The van der Waals surface area contributed by atoms with Crippen molar-refractivity contribution < 1.29 is 14.3 Å². The normalized spacial score (nSPS) is 12.8. The minimum Gasteiger partial charge on any atom is -0.486 e. The molecule has 0 bridgehead atoms. The summed E-state index contributed by atoms with van der Waals surface area (Å²) >= 11 is 0. The molecule has 0 unspecified atom stereocenters. The Bertz CT molecular complexity index is 915. The van der Waals surface area contributed by atoms with Crippen molar-refractivity contribution in [2.45, 2.75) is 12.8 Å². The Balaban J connectivity index is 1.42. The summed E-state index contributed by atoms with van der Waals surface area (Å²) in [6, 6.07) is 19.8. The SMILES string of the molecule is O=C(CCc1ccc2c(c1)OCCO2)Nc1cccc2ccccc12. The van der Waals surface area contributed by atoms with Crippen LogP contribution >= 0.6 is 0 Å². The molecule has 0 atom stereocenters. The predicted octanol–water partition coefficient (Wildman–Crippen LogP) is 4.18. The molecule has 4 nitrogen and oxygen atoms in total. The van der Waals surface area contributed by atoms with Crippen molar-refractivity contribution in [3.05, 3.63) is 66.2 Å². The zero-order valence-corrected chi connectivity index (χ0v) is 13.8. The van der Waals surface area contributed by atoms with Crippen LogP contribution in [0.4, 0.5) is 5.69 Å². The molecule has 1 N–H and O–H groups in total. The van der Waals surface area contributed by atoms with Crippen molar-refractivity contribution in [3.8, 4) is 11.5 Å². The zero-order valence-electron chi connectivity index (χ0n) is 13.8. The van der Waals surface area contributed by atoms with Crippen LogP contribution in [0.2, 0.25) is 0 Å². The molecule has 3 aromatic carbocycles. The Hall–Kier alpha value is -3.01. The molecular formula is C21H19NO3. The summed E-state index contributed by atoms with van der Waals surface area (Å²) in [5, 5.41) is 5.19. The second-order valence-corrected chi connectivity index (χ2v) is 6.05. The van der Waals surface area contributed by atoms with Crippen LogP contribution in [0.3, 0.4) is 0 Å². The van der Waals surface area contributed by atoms with Crippen LogP contribution in [-0.4, -0.2) is 19.1 Å². The van der Waals surface area contributed by atoms with Crippen molar-refractivity contribution in [2.24, 2.45) is 0 Å². The molecule has 0 spiro atoms. The molecule has 1 amide bonds. The van der Waals surface area contributed by atoms with Gasteiger partial charge in [0.1, 0.15) is 13.2 Å². The number of fused-ring (bicyclic) bond motifs is 2. The van der Waals surface area contributed by atoms with Gasteiger partial charge in [0.25, 0.3) is 0 Å². The molecule has 126 valence electrons. The summed E-state index contributed by atoms with van der Waals surface area (Å²) in [4.78, 5) is 12.4. The summed E-state index contributed by atoms with van der Waals surface area (Å²) in [6.45, 7) is 1.15. The third kappa shape index (κ3) is 3.43. The summed E-state index contributed by atoms with van der Waals surface area (Å²) < 4.78 is 11.1. The first-order valence-corrected chi connectivity index (χ1v) is 8.46. The lowest BCUT2D eigenvalue weighted by Crippen LogP contribution is -2.16. The number of aryl methyl sites for hydroxylation is 1. The Morgan fingerprint density at radius 2 is 1.72 bits per heavy atom. The molecule has 0 saturated heterocycles. The maximum atomic E-state index is 12.4. The van der Waals surface area contributed by atoms with E-state index in [9.17, 15) is 4.79 Å². The molecule has 3 aromatic rings. The van der Waals surface area contributed by atoms with Crippen molar-refractivity contribution in [1.29, 1.82) is 0 Å².